The average molecular weight is 353 g/mol. The highest BCUT2D eigenvalue weighted by atomic mass is 32.2. The van der Waals surface area contributed by atoms with Crippen LogP contribution in [-0.2, 0) is 21.1 Å². The molecule has 1 N–H and O–H groups in total. The van der Waals surface area contributed by atoms with Gasteiger partial charge in [-0.1, -0.05) is 0 Å². The van der Waals surface area contributed by atoms with Crippen LogP contribution in [0.5, 0.6) is 0 Å². The number of aromatic nitrogens is 4. The molecular weight excluding hydrogens is 334 g/mol. The third-order valence-corrected chi connectivity index (χ3v) is 5.08. The van der Waals surface area contributed by atoms with E-state index in [2.05, 4.69) is 15.3 Å². The third kappa shape index (κ3) is 3.06. The highest BCUT2D eigenvalue weighted by Crippen LogP contribution is 2.29. The van der Waals surface area contributed by atoms with Gasteiger partial charge in [0.15, 0.2) is 9.84 Å². The SMILES string of the molecule is CCn1cc(C(=O)N2CCOCC2c2[nH]ncc2S(C)(=O)=O)cn1. The Morgan fingerprint density at radius 3 is 2.92 bits per heavy atom. The lowest BCUT2D eigenvalue weighted by Gasteiger charge is -2.35. The zero-order chi connectivity index (χ0) is 17.3. The van der Waals surface area contributed by atoms with Gasteiger partial charge in [0.05, 0.1) is 42.9 Å². The Bertz CT molecular complexity index is 841. The molecule has 24 heavy (non-hydrogen) atoms. The second-order valence-corrected chi connectivity index (χ2v) is 7.58. The Labute approximate surface area is 139 Å². The maximum absolute atomic E-state index is 12.8. The summed E-state index contributed by atoms with van der Waals surface area (Å²) in [4.78, 5) is 14.5. The minimum absolute atomic E-state index is 0.0834. The predicted octanol–water partition coefficient (Wildman–Crippen LogP) is 0.243. The van der Waals surface area contributed by atoms with Crippen molar-refractivity contribution in [2.24, 2.45) is 0 Å². The zero-order valence-corrected chi connectivity index (χ0v) is 14.3. The van der Waals surface area contributed by atoms with Gasteiger partial charge >= 0.3 is 0 Å². The van der Waals surface area contributed by atoms with Crippen molar-refractivity contribution in [3.8, 4) is 0 Å². The number of nitrogens with zero attached hydrogens (tertiary/aromatic N) is 4. The monoisotopic (exact) mass is 353 g/mol. The number of aryl methyl sites for hydroxylation is 1. The van der Waals surface area contributed by atoms with E-state index in [9.17, 15) is 13.2 Å². The van der Waals surface area contributed by atoms with E-state index in [-0.39, 0.29) is 17.4 Å². The second-order valence-electron chi connectivity index (χ2n) is 5.59. The molecule has 0 saturated carbocycles. The van der Waals surface area contributed by atoms with Crippen LogP contribution in [0.2, 0.25) is 0 Å². The number of amides is 1. The van der Waals surface area contributed by atoms with Crippen LogP contribution in [0.25, 0.3) is 0 Å². The van der Waals surface area contributed by atoms with Gasteiger partial charge in [-0.3, -0.25) is 14.6 Å². The van der Waals surface area contributed by atoms with E-state index in [1.807, 2.05) is 6.92 Å². The molecule has 2 aromatic heterocycles. The number of rotatable bonds is 4. The minimum Gasteiger partial charge on any atom is -0.377 e. The lowest BCUT2D eigenvalue weighted by Crippen LogP contribution is -2.43. The zero-order valence-electron chi connectivity index (χ0n) is 13.5. The van der Waals surface area contributed by atoms with Gasteiger partial charge in [-0.2, -0.15) is 10.2 Å². The number of carbonyl (C=O) groups excluding carboxylic acids is 1. The summed E-state index contributed by atoms with van der Waals surface area (Å²) in [5.41, 5.74) is 0.831. The van der Waals surface area contributed by atoms with Crippen molar-refractivity contribution >= 4 is 15.7 Å². The second kappa shape index (κ2) is 6.36. The van der Waals surface area contributed by atoms with E-state index in [1.165, 1.54) is 12.4 Å². The van der Waals surface area contributed by atoms with Crippen molar-refractivity contribution in [3.63, 3.8) is 0 Å². The Kier molecular flexibility index (Phi) is 4.41. The molecule has 1 aliphatic rings. The largest absolute Gasteiger partial charge is 0.377 e. The Morgan fingerprint density at radius 2 is 2.25 bits per heavy atom. The Morgan fingerprint density at radius 1 is 1.46 bits per heavy atom. The van der Waals surface area contributed by atoms with Crippen molar-refractivity contribution in [1.29, 1.82) is 0 Å². The molecule has 2 aromatic rings. The maximum Gasteiger partial charge on any atom is 0.257 e. The lowest BCUT2D eigenvalue weighted by atomic mass is 10.1. The molecule has 3 heterocycles. The Balaban J connectivity index is 1.94. The summed E-state index contributed by atoms with van der Waals surface area (Å²) >= 11 is 0. The first kappa shape index (κ1) is 16.7. The highest BCUT2D eigenvalue weighted by molar-refractivity contribution is 7.90. The molecule has 0 aliphatic carbocycles. The summed E-state index contributed by atoms with van der Waals surface area (Å²) in [7, 11) is -3.46. The van der Waals surface area contributed by atoms with E-state index in [4.69, 9.17) is 4.74 Å². The lowest BCUT2D eigenvalue weighted by molar-refractivity contribution is -0.00468. The van der Waals surface area contributed by atoms with Gasteiger partial charge in [-0.25, -0.2) is 8.42 Å². The van der Waals surface area contributed by atoms with Crippen LogP contribution < -0.4 is 0 Å². The first-order valence-electron chi connectivity index (χ1n) is 7.56. The van der Waals surface area contributed by atoms with E-state index in [1.54, 1.807) is 15.8 Å². The first-order valence-corrected chi connectivity index (χ1v) is 9.45. The summed E-state index contributed by atoms with van der Waals surface area (Å²) in [5.74, 6) is -0.211. The van der Waals surface area contributed by atoms with Gasteiger partial charge in [0.2, 0.25) is 0 Å². The molecule has 3 rings (SSSR count). The van der Waals surface area contributed by atoms with Crippen molar-refractivity contribution in [2.75, 3.05) is 26.0 Å². The van der Waals surface area contributed by atoms with Crippen LogP contribution in [0.3, 0.4) is 0 Å². The molecule has 1 amide bonds. The van der Waals surface area contributed by atoms with Crippen LogP contribution in [-0.4, -0.2) is 65.2 Å². The molecule has 1 fully saturated rings. The fourth-order valence-electron chi connectivity index (χ4n) is 2.72. The molecule has 0 spiro atoms. The molecule has 0 bridgehead atoms. The summed E-state index contributed by atoms with van der Waals surface area (Å²) in [6.45, 7) is 3.56. The van der Waals surface area contributed by atoms with Crippen molar-refractivity contribution in [2.45, 2.75) is 24.4 Å². The molecule has 1 unspecified atom stereocenters. The quantitative estimate of drug-likeness (QED) is 0.843. The number of aromatic amines is 1. The number of sulfone groups is 1. The fourth-order valence-corrected chi connectivity index (χ4v) is 3.54. The first-order chi connectivity index (χ1) is 11.4. The van der Waals surface area contributed by atoms with E-state index in [0.717, 1.165) is 6.26 Å². The van der Waals surface area contributed by atoms with Crippen LogP contribution in [0.4, 0.5) is 0 Å². The molecule has 10 heteroatoms. The van der Waals surface area contributed by atoms with Crippen molar-refractivity contribution in [3.05, 3.63) is 29.8 Å². The van der Waals surface area contributed by atoms with Crippen LogP contribution in [0, 0.1) is 0 Å². The number of hydrogen-bond acceptors (Lipinski definition) is 6. The molecule has 130 valence electrons. The fraction of sp³-hybridized carbons (Fsp3) is 0.500. The van der Waals surface area contributed by atoms with Gasteiger partial charge in [-0.15, -0.1) is 0 Å². The molecule has 9 nitrogen and oxygen atoms in total. The maximum atomic E-state index is 12.8. The molecule has 1 saturated heterocycles. The normalized spacial score (nSPS) is 18.8. The summed E-state index contributed by atoms with van der Waals surface area (Å²) in [6, 6.07) is -0.538. The summed E-state index contributed by atoms with van der Waals surface area (Å²) in [6.07, 6.45) is 5.57. The number of hydrogen-bond donors (Lipinski definition) is 1. The topological polar surface area (TPSA) is 110 Å². The van der Waals surface area contributed by atoms with Crippen molar-refractivity contribution < 1.29 is 17.9 Å². The van der Waals surface area contributed by atoms with Gasteiger partial charge in [-0.05, 0) is 6.92 Å². The predicted molar refractivity (Wildman–Crippen MR) is 84.2 cm³/mol. The van der Waals surface area contributed by atoms with Gasteiger partial charge < -0.3 is 9.64 Å². The van der Waals surface area contributed by atoms with Gasteiger partial charge in [0, 0.05) is 25.5 Å². The summed E-state index contributed by atoms with van der Waals surface area (Å²) < 4.78 is 31.0. The standard InChI is InChI=1S/C14H19N5O4S/c1-3-18-8-10(6-16-18)14(20)19-4-5-23-9-11(19)13-12(7-15-17-13)24(2,21)22/h6-8,11H,3-5,9H2,1-2H3,(H,15,17). The average Bonchev–Trinajstić information content (AvgIpc) is 3.22. The smallest absolute Gasteiger partial charge is 0.257 e. The minimum atomic E-state index is -3.46. The third-order valence-electron chi connectivity index (χ3n) is 3.96. The molecular formula is C14H19N5O4S. The molecule has 0 radical (unpaired) electrons. The number of carbonyl (C=O) groups is 1. The number of nitrogens with one attached hydrogen (secondary N) is 1. The molecule has 0 aromatic carbocycles. The molecule has 1 aliphatic heterocycles. The van der Waals surface area contributed by atoms with Gasteiger partial charge in [0.25, 0.3) is 5.91 Å². The van der Waals surface area contributed by atoms with E-state index < -0.39 is 15.9 Å². The van der Waals surface area contributed by atoms with Gasteiger partial charge in [0.1, 0.15) is 4.90 Å². The summed E-state index contributed by atoms with van der Waals surface area (Å²) in [5, 5.41) is 10.7. The Hall–Kier alpha value is -2.20. The number of morpholine rings is 1. The highest BCUT2D eigenvalue weighted by Gasteiger charge is 2.34. The van der Waals surface area contributed by atoms with Crippen LogP contribution in [0.1, 0.15) is 29.0 Å². The van der Waals surface area contributed by atoms with Crippen molar-refractivity contribution in [1.82, 2.24) is 24.9 Å². The van der Waals surface area contributed by atoms with Crippen LogP contribution in [0.15, 0.2) is 23.5 Å². The molecule has 1 atom stereocenters. The number of ether oxygens (including phenoxy) is 1. The number of H-pyrrole nitrogens is 1. The van der Waals surface area contributed by atoms with E-state index in [0.29, 0.717) is 31.0 Å². The van der Waals surface area contributed by atoms with E-state index >= 15 is 0 Å². The van der Waals surface area contributed by atoms with Crippen LogP contribution >= 0.6 is 0 Å².